The Bertz CT molecular complexity index is 1030. The standard InChI is InChI=1S/C22H17FN2O2/c23-20-7-2-1-6-18(20)16-5-3-4-14(10-16)15-8-9-25-21-17(11-15)12-24-13-19(21)22(26)27/h1-10,13,17H,11-12H2,(H,26,27). The van der Waals surface area contributed by atoms with E-state index in [1.807, 2.05) is 36.4 Å². The number of carboxylic acids is 1. The van der Waals surface area contributed by atoms with Gasteiger partial charge in [0.2, 0.25) is 0 Å². The number of halogens is 1. The van der Waals surface area contributed by atoms with Crippen LogP contribution in [0, 0.1) is 11.7 Å². The molecule has 0 bridgehead atoms. The van der Waals surface area contributed by atoms with Gasteiger partial charge < -0.3 is 5.11 Å². The number of carboxylic acid groups (broad SMARTS) is 1. The fourth-order valence-electron chi connectivity index (χ4n) is 3.48. The largest absolute Gasteiger partial charge is 0.478 e. The van der Waals surface area contributed by atoms with E-state index in [9.17, 15) is 14.3 Å². The van der Waals surface area contributed by atoms with Gasteiger partial charge in [-0.25, -0.2) is 9.18 Å². The van der Waals surface area contributed by atoms with Crippen LogP contribution in [-0.4, -0.2) is 30.0 Å². The maximum Gasteiger partial charge on any atom is 0.339 e. The van der Waals surface area contributed by atoms with E-state index < -0.39 is 5.97 Å². The molecular weight excluding hydrogens is 343 g/mol. The zero-order valence-corrected chi connectivity index (χ0v) is 14.5. The number of dihydropyridines is 1. The van der Waals surface area contributed by atoms with Crippen LogP contribution in [0.3, 0.4) is 0 Å². The Morgan fingerprint density at radius 2 is 1.93 bits per heavy atom. The molecule has 0 saturated heterocycles. The molecule has 2 aliphatic heterocycles. The lowest BCUT2D eigenvalue weighted by Crippen LogP contribution is -2.18. The molecule has 0 aromatic heterocycles. The minimum atomic E-state index is -1.01. The second kappa shape index (κ2) is 7.11. The average Bonchev–Trinajstić information content (AvgIpc) is 2.90. The lowest BCUT2D eigenvalue weighted by Gasteiger charge is -2.20. The molecule has 0 radical (unpaired) electrons. The third-order valence-electron chi connectivity index (χ3n) is 4.81. The van der Waals surface area contributed by atoms with Crippen molar-refractivity contribution in [2.75, 3.05) is 6.54 Å². The highest BCUT2D eigenvalue weighted by atomic mass is 19.1. The summed E-state index contributed by atoms with van der Waals surface area (Å²) in [6.07, 6.45) is 5.55. The summed E-state index contributed by atoms with van der Waals surface area (Å²) < 4.78 is 14.1. The van der Waals surface area contributed by atoms with Crippen molar-refractivity contribution in [1.82, 2.24) is 0 Å². The second-order valence-electron chi connectivity index (χ2n) is 6.53. The van der Waals surface area contributed by atoms with Crippen molar-refractivity contribution in [1.29, 1.82) is 0 Å². The minimum Gasteiger partial charge on any atom is -0.478 e. The van der Waals surface area contributed by atoms with Crippen molar-refractivity contribution >= 4 is 24.0 Å². The highest BCUT2D eigenvalue weighted by molar-refractivity contribution is 6.10. The number of hydrogen-bond donors (Lipinski definition) is 1. The maximum atomic E-state index is 14.1. The van der Waals surface area contributed by atoms with E-state index in [1.54, 1.807) is 18.3 Å². The van der Waals surface area contributed by atoms with Gasteiger partial charge in [0, 0.05) is 30.5 Å². The summed E-state index contributed by atoms with van der Waals surface area (Å²) >= 11 is 0. The van der Waals surface area contributed by atoms with E-state index in [4.69, 9.17) is 0 Å². The molecule has 4 rings (SSSR count). The number of aliphatic carboxylic acids is 1. The Hall–Kier alpha value is -3.34. The zero-order chi connectivity index (χ0) is 18.8. The summed E-state index contributed by atoms with van der Waals surface area (Å²) in [6.45, 7) is 0.508. The molecule has 1 N–H and O–H groups in total. The van der Waals surface area contributed by atoms with Gasteiger partial charge in [-0.05, 0) is 41.3 Å². The topological polar surface area (TPSA) is 62.0 Å². The van der Waals surface area contributed by atoms with Crippen molar-refractivity contribution in [3.8, 4) is 11.1 Å². The third kappa shape index (κ3) is 3.36. The number of benzene rings is 2. The molecule has 4 nitrogen and oxygen atoms in total. The van der Waals surface area contributed by atoms with Crippen LogP contribution in [0.15, 0.2) is 75.9 Å². The molecule has 2 aromatic rings. The molecule has 0 saturated carbocycles. The minimum absolute atomic E-state index is 0.0804. The zero-order valence-electron chi connectivity index (χ0n) is 14.5. The Morgan fingerprint density at radius 3 is 2.74 bits per heavy atom. The van der Waals surface area contributed by atoms with Gasteiger partial charge in [0.1, 0.15) is 5.82 Å². The summed E-state index contributed by atoms with van der Waals surface area (Å²) in [7, 11) is 0. The SMILES string of the molecule is O=C(O)C1=C2N=CC=C(c3cccc(-c4ccccc4F)c3)CC2CN=C1. The Labute approximate surface area is 156 Å². The lowest BCUT2D eigenvalue weighted by atomic mass is 9.88. The van der Waals surface area contributed by atoms with E-state index >= 15 is 0 Å². The molecule has 1 unspecified atom stereocenters. The van der Waals surface area contributed by atoms with E-state index in [2.05, 4.69) is 9.98 Å². The van der Waals surface area contributed by atoms with Crippen LogP contribution < -0.4 is 0 Å². The normalized spacial score (nSPS) is 18.7. The number of aliphatic imine (C=N–C) groups is 2. The van der Waals surface area contributed by atoms with Crippen molar-refractivity contribution < 1.29 is 14.3 Å². The van der Waals surface area contributed by atoms with Crippen molar-refractivity contribution in [3.05, 3.63) is 77.3 Å². The van der Waals surface area contributed by atoms with E-state index in [0.29, 0.717) is 24.2 Å². The predicted molar refractivity (Wildman–Crippen MR) is 104 cm³/mol. The summed E-state index contributed by atoms with van der Waals surface area (Å²) in [5, 5.41) is 9.36. The quantitative estimate of drug-likeness (QED) is 0.882. The van der Waals surface area contributed by atoms with E-state index in [0.717, 1.165) is 16.7 Å². The van der Waals surface area contributed by atoms with Gasteiger partial charge >= 0.3 is 5.97 Å². The highest BCUT2D eigenvalue weighted by Gasteiger charge is 2.26. The third-order valence-corrected chi connectivity index (χ3v) is 4.81. The molecule has 2 aliphatic rings. The van der Waals surface area contributed by atoms with Crippen LogP contribution in [0.4, 0.5) is 4.39 Å². The molecule has 134 valence electrons. The van der Waals surface area contributed by atoms with E-state index in [1.165, 1.54) is 12.3 Å². The molecule has 2 heterocycles. The van der Waals surface area contributed by atoms with Crippen molar-refractivity contribution in [2.24, 2.45) is 15.9 Å². The summed E-state index contributed by atoms with van der Waals surface area (Å²) in [6, 6.07) is 14.4. The van der Waals surface area contributed by atoms with Crippen molar-refractivity contribution in [3.63, 3.8) is 0 Å². The molecular formula is C22H17FN2O2. The fraction of sp³-hybridized carbons (Fsp3) is 0.136. The first-order valence-corrected chi connectivity index (χ1v) is 8.69. The first-order valence-electron chi connectivity index (χ1n) is 8.69. The summed E-state index contributed by atoms with van der Waals surface area (Å²) in [5.74, 6) is -1.35. The van der Waals surface area contributed by atoms with Crippen LogP contribution in [0.1, 0.15) is 12.0 Å². The Morgan fingerprint density at radius 1 is 1.11 bits per heavy atom. The van der Waals surface area contributed by atoms with Gasteiger partial charge in [-0.1, -0.05) is 36.4 Å². The van der Waals surface area contributed by atoms with Crippen LogP contribution in [0.25, 0.3) is 16.7 Å². The summed E-state index contributed by atoms with van der Waals surface area (Å²) in [5.41, 5.74) is 4.06. The summed E-state index contributed by atoms with van der Waals surface area (Å²) in [4.78, 5) is 20.0. The number of carbonyl (C=O) groups is 1. The molecule has 0 spiro atoms. The number of hydrogen-bond acceptors (Lipinski definition) is 3. The monoisotopic (exact) mass is 360 g/mol. The molecule has 0 amide bonds. The first kappa shape index (κ1) is 17.1. The highest BCUT2D eigenvalue weighted by Crippen LogP contribution is 2.34. The number of fused-ring (bicyclic) bond motifs is 1. The van der Waals surface area contributed by atoms with Crippen LogP contribution in [-0.2, 0) is 4.79 Å². The number of allylic oxidation sites excluding steroid dienone is 2. The average molecular weight is 360 g/mol. The van der Waals surface area contributed by atoms with Crippen LogP contribution >= 0.6 is 0 Å². The molecule has 0 aliphatic carbocycles. The maximum absolute atomic E-state index is 14.1. The van der Waals surface area contributed by atoms with Gasteiger partial charge in [0.15, 0.2) is 0 Å². The Balaban J connectivity index is 1.68. The molecule has 5 heteroatoms. The lowest BCUT2D eigenvalue weighted by molar-refractivity contribution is -0.132. The van der Waals surface area contributed by atoms with Crippen molar-refractivity contribution in [2.45, 2.75) is 6.42 Å². The van der Waals surface area contributed by atoms with Gasteiger partial charge in [-0.3, -0.25) is 9.98 Å². The second-order valence-corrected chi connectivity index (χ2v) is 6.53. The molecule has 2 aromatic carbocycles. The Kier molecular flexibility index (Phi) is 4.50. The van der Waals surface area contributed by atoms with E-state index in [-0.39, 0.29) is 17.3 Å². The first-order chi connectivity index (χ1) is 13.1. The fourth-order valence-corrected chi connectivity index (χ4v) is 3.48. The number of nitrogens with zero attached hydrogens (tertiary/aromatic N) is 2. The van der Waals surface area contributed by atoms with Crippen LogP contribution in [0.5, 0.6) is 0 Å². The smallest absolute Gasteiger partial charge is 0.339 e. The van der Waals surface area contributed by atoms with Gasteiger partial charge in [0.25, 0.3) is 0 Å². The van der Waals surface area contributed by atoms with Gasteiger partial charge in [0.05, 0.1) is 11.3 Å². The number of rotatable bonds is 3. The predicted octanol–water partition coefficient (Wildman–Crippen LogP) is 4.39. The molecule has 27 heavy (non-hydrogen) atoms. The van der Waals surface area contributed by atoms with Gasteiger partial charge in [-0.2, -0.15) is 0 Å². The molecule has 0 fully saturated rings. The van der Waals surface area contributed by atoms with Crippen LogP contribution in [0.2, 0.25) is 0 Å². The van der Waals surface area contributed by atoms with Gasteiger partial charge in [-0.15, -0.1) is 0 Å². The molecule has 1 atom stereocenters.